The molecule has 0 bridgehead atoms. The van der Waals surface area contributed by atoms with Gasteiger partial charge in [-0.25, -0.2) is 4.39 Å². The summed E-state index contributed by atoms with van der Waals surface area (Å²) in [5.41, 5.74) is 4.11. The number of ether oxygens (including phenoxy) is 1. The zero-order valence-electron chi connectivity index (χ0n) is 19.4. The van der Waals surface area contributed by atoms with Crippen molar-refractivity contribution in [3.05, 3.63) is 64.5 Å². The molecule has 2 aromatic carbocycles. The molecule has 33 heavy (non-hydrogen) atoms. The standard InChI is InChI=1S/C27H35FO5/c1-17-12-18(2)27(33-16-23(30)14-22(29)15-25(31)32)24(13-17)26(19-6-4-3-5-7-19)20-8-10-21(28)11-9-20/h8-13,19,22-23,26,29-30H,3-7,14-16H2,1-2H3,(H,31,32)/p-1/t22-,23?,26?/m1/s1. The van der Waals surface area contributed by atoms with Crippen molar-refractivity contribution in [2.45, 2.75) is 76.9 Å². The lowest BCUT2D eigenvalue weighted by Crippen LogP contribution is -2.31. The maximum Gasteiger partial charge on any atom is 0.126 e. The molecule has 5 nitrogen and oxygen atoms in total. The van der Waals surface area contributed by atoms with Crippen LogP contribution in [0.2, 0.25) is 0 Å². The van der Waals surface area contributed by atoms with Crippen molar-refractivity contribution in [1.82, 2.24) is 0 Å². The summed E-state index contributed by atoms with van der Waals surface area (Å²) >= 11 is 0. The van der Waals surface area contributed by atoms with Gasteiger partial charge in [-0.2, -0.15) is 0 Å². The van der Waals surface area contributed by atoms with Gasteiger partial charge in [-0.15, -0.1) is 0 Å². The Hall–Kier alpha value is -2.44. The van der Waals surface area contributed by atoms with Crippen LogP contribution in [0.4, 0.5) is 4.39 Å². The fraction of sp³-hybridized carbons (Fsp3) is 0.519. The molecule has 0 radical (unpaired) electrons. The van der Waals surface area contributed by atoms with E-state index in [1.54, 1.807) is 0 Å². The summed E-state index contributed by atoms with van der Waals surface area (Å²) in [5.74, 6) is -0.491. The van der Waals surface area contributed by atoms with E-state index in [9.17, 15) is 24.5 Å². The van der Waals surface area contributed by atoms with Gasteiger partial charge in [0.1, 0.15) is 18.2 Å². The second kappa shape index (κ2) is 11.6. The summed E-state index contributed by atoms with van der Waals surface area (Å²) in [6.45, 7) is 3.93. The minimum absolute atomic E-state index is 0.0420. The number of aliphatic carboxylic acids is 1. The molecule has 2 N–H and O–H groups in total. The minimum Gasteiger partial charge on any atom is -0.550 e. The van der Waals surface area contributed by atoms with Crippen molar-refractivity contribution in [1.29, 1.82) is 0 Å². The van der Waals surface area contributed by atoms with Crippen molar-refractivity contribution >= 4 is 5.97 Å². The summed E-state index contributed by atoms with van der Waals surface area (Å²) in [4.78, 5) is 10.7. The van der Waals surface area contributed by atoms with Gasteiger partial charge in [0.2, 0.25) is 0 Å². The summed E-state index contributed by atoms with van der Waals surface area (Å²) < 4.78 is 19.8. The average Bonchev–Trinajstić information content (AvgIpc) is 2.74. The zero-order chi connectivity index (χ0) is 24.0. The van der Waals surface area contributed by atoms with Gasteiger partial charge in [0.15, 0.2) is 0 Å². The number of carboxylic acid groups (broad SMARTS) is 1. The molecule has 1 aliphatic rings. The minimum atomic E-state index is -1.36. The first-order valence-electron chi connectivity index (χ1n) is 11.8. The lowest BCUT2D eigenvalue weighted by molar-refractivity contribution is -0.307. The number of hydrogen-bond acceptors (Lipinski definition) is 5. The number of carbonyl (C=O) groups excluding carboxylic acids is 1. The molecule has 1 saturated carbocycles. The van der Waals surface area contributed by atoms with E-state index in [2.05, 4.69) is 6.07 Å². The molecule has 2 aromatic rings. The van der Waals surface area contributed by atoms with Crippen LogP contribution in [0.1, 0.15) is 73.1 Å². The van der Waals surface area contributed by atoms with Crippen LogP contribution in [-0.4, -0.2) is 35.0 Å². The molecule has 1 fully saturated rings. The van der Waals surface area contributed by atoms with Gasteiger partial charge >= 0.3 is 0 Å². The highest BCUT2D eigenvalue weighted by Gasteiger charge is 2.30. The molecule has 3 rings (SSSR count). The van der Waals surface area contributed by atoms with E-state index in [1.807, 2.05) is 32.0 Å². The topological polar surface area (TPSA) is 89.8 Å². The molecule has 2 unspecified atom stereocenters. The zero-order valence-corrected chi connectivity index (χ0v) is 19.4. The summed E-state index contributed by atoms with van der Waals surface area (Å²) in [6, 6.07) is 10.8. The second-order valence-electron chi connectivity index (χ2n) is 9.36. The summed E-state index contributed by atoms with van der Waals surface area (Å²) in [6.07, 6.45) is 2.88. The van der Waals surface area contributed by atoms with Crippen molar-refractivity contribution in [2.24, 2.45) is 5.92 Å². The van der Waals surface area contributed by atoms with Crippen LogP contribution < -0.4 is 9.84 Å². The Morgan fingerprint density at radius 1 is 1.09 bits per heavy atom. The van der Waals surface area contributed by atoms with Crippen molar-refractivity contribution < 1.29 is 29.2 Å². The van der Waals surface area contributed by atoms with E-state index >= 15 is 0 Å². The highest BCUT2D eigenvalue weighted by atomic mass is 19.1. The third kappa shape index (κ3) is 7.02. The van der Waals surface area contributed by atoms with Gasteiger partial charge in [-0.1, -0.05) is 49.1 Å². The predicted molar refractivity (Wildman–Crippen MR) is 122 cm³/mol. The van der Waals surface area contributed by atoms with Crippen molar-refractivity contribution in [3.63, 3.8) is 0 Å². The number of aryl methyl sites for hydroxylation is 2. The summed E-state index contributed by atoms with van der Waals surface area (Å²) in [5, 5.41) is 30.8. The lowest BCUT2D eigenvalue weighted by atomic mass is 9.73. The molecular formula is C27H34FO5-. The Morgan fingerprint density at radius 3 is 2.39 bits per heavy atom. The van der Waals surface area contributed by atoms with E-state index in [-0.39, 0.29) is 24.8 Å². The Kier molecular flexibility index (Phi) is 8.87. The first kappa shape index (κ1) is 25.2. The molecular weight excluding hydrogens is 423 g/mol. The van der Waals surface area contributed by atoms with Gasteiger partial charge in [-0.3, -0.25) is 0 Å². The number of hydrogen-bond donors (Lipinski definition) is 2. The molecule has 0 amide bonds. The first-order valence-corrected chi connectivity index (χ1v) is 11.8. The van der Waals surface area contributed by atoms with Gasteiger partial charge in [-0.05, 0) is 55.9 Å². The molecule has 1 aliphatic carbocycles. The van der Waals surface area contributed by atoms with Crippen LogP contribution >= 0.6 is 0 Å². The predicted octanol–water partition coefficient (Wildman–Crippen LogP) is 3.79. The van der Waals surface area contributed by atoms with E-state index in [0.29, 0.717) is 11.7 Å². The van der Waals surface area contributed by atoms with Gasteiger partial charge in [0.05, 0.1) is 12.2 Å². The van der Waals surface area contributed by atoms with Crippen LogP contribution in [0.3, 0.4) is 0 Å². The Labute approximate surface area is 195 Å². The van der Waals surface area contributed by atoms with Crippen LogP contribution in [0.25, 0.3) is 0 Å². The van der Waals surface area contributed by atoms with E-state index in [1.165, 1.54) is 31.4 Å². The third-order valence-corrected chi connectivity index (χ3v) is 6.50. The molecule has 0 spiro atoms. The molecule has 3 atom stereocenters. The SMILES string of the molecule is Cc1cc(C)c(OCC(O)C[C@@H](O)CC(=O)[O-])c(C(c2ccc(F)cc2)C2CCCCC2)c1. The maximum absolute atomic E-state index is 13.7. The third-order valence-electron chi connectivity index (χ3n) is 6.50. The van der Waals surface area contributed by atoms with Gasteiger partial charge in [0.25, 0.3) is 0 Å². The number of aliphatic hydroxyl groups excluding tert-OH is 2. The molecule has 0 aliphatic heterocycles. The largest absolute Gasteiger partial charge is 0.550 e. The van der Waals surface area contributed by atoms with E-state index in [0.717, 1.165) is 35.1 Å². The normalized spacial score (nSPS) is 17.4. The van der Waals surface area contributed by atoms with E-state index in [4.69, 9.17) is 4.74 Å². The van der Waals surface area contributed by atoms with Gasteiger partial charge < -0.3 is 24.9 Å². The fourth-order valence-corrected chi connectivity index (χ4v) is 5.10. The van der Waals surface area contributed by atoms with E-state index < -0.39 is 24.6 Å². The smallest absolute Gasteiger partial charge is 0.126 e. The Bertz CT molecular complexity index is 921. The fourth-order valence-electron chi connectivity index (χ4n) is 5.10. The summed E-state index contributed by atoms with van der Waals surface area (Å²) in [7, 11) is 0. The Balaban J connectivity index is 1.90. The van der Waals surface area contributed by atoms with Crippen molar-refractivity contribution in [2.75, 3.05) is 6.61 Å². The second-order valence-corrected chi connectivity index (χ2v) is 9.36. The number of halogens is 1. The number of aliphatic hydroxyl groups is 2. The molecule has 0 saturated heterocycles. The maximum atomic E-state index is 13.7. The van der Waals surface area contributed by atoms with Crippen LogP contribution in [0, 0.1) is 25.6 Å². The number of benzene rings is 2. The number of carboxylic acids is 1. The van der Waals surface area contributed by atoms with Crippen LogP contribution in [0.15, 0.2) is 36.4 Å². The van der Waals surface area contributed by atoms with Gasteiger partial charge in [0, 0.05) is 30.3 Å². The quantitative estimate of drug-likeness (QED) is 0.567. The molecule has 0 heterocycles. The first-order chi connectivity index (χ1) is 15.7. The van der Waals surface area contributed by atoms with Crippen LogP contribution in [0.5, 0.6) is 5.75 Å². The number of rotatable bonds is 10. The molecule has 6 heteroatoms. The molecule has 180 valence electrons. The van der Waals surface area contributed by atoms with Crippen LogP contribution in [-0.2, 0) is 4.79 Å². The average molecular weight is 458 g/mol. The Morgan fingerprint density at radius 2 is 1.76 bits per heavy atom. The number of carbonyl (C=O) groups is 1. The lowest BCUT2D eigenvalue weighted by Gasteiger charge is -2.33. The monoisotopic (exact) mass is 457 g/mol. The highest BCUT2D eigenvalue weighted by Crippen LogP contribution is 2.45. The van der Waals surface area contributed by atoms with Crippen molar-refractivity contribution in [3.8, 4) is 5.75 Å². The molecule has 0 aromatic heterocycles. The highest BCUT2D eigenvalue weighted by molar-refractivity contribution is 5.64.